The highest BCUT2D eigenvalue weighted by Gasteiger charge is 2.08. The number of hydrogen-bond donors (Lipinski definition) is 0. The predicted octanol–water partition coefficient (Wildman–Crippen LogP) is 3.48. The van der Waals surface area contributed by atoms with E-state index in [-0.39, 0.29) is 0 Å². The van der Waals surface area contributed by atoms with Crippen molar-refractivity contribution in [1.82, 2.24) is 29.8 Å². The third kappa shape index (κ3) is 4.01. The summed E-state index contributed by atoms with van der Waals surface area (Å²) in [4.78, 5) is 4.48. The number of fused-ring (bicyclic) bond motifs is 1. The van der Waals surface area contributed by atoms with Gasteiger partial charge in [-0.05, 0) is 53.1 Å². The highest BCUT2D eigenvalue weighted by molar-refractivity contribution is 7.99. The van der Waals surface area contributed by atoms with Gasteiger partial charge in [0, 0.05) is 19.3 Å². The smallest absolute Gasteiger partial charge is 0.209 e. The van der Waals surface area contributed by atoms with E-state index < -0.39 is 0 Å². The first-order valence-electron chi connectivity index (χ1n) is 9.18. The first kappa shape index (κ1) is 18.5. The van der Waals surface area contributed by atoms with Gasteiger partial charge in [0.15, 0.2) is 0 Å². The quantitative estimate of drug-likeness (QED) is 0.337. The maximum Gasteiger partial charge on any atom is 0.209 e. The molecule has 0 radical (unpaired) electrons. The minimum absolute atomic E-state index is 0.663. The second-order valence-corrected chi connectivity index (χ2v) is 7.60. The van der Waals surface area contributed by atoms with E-state index in [2.05, 4.69) is 50.2 Å². The van der Waals surface area contributed by atoms with Crippen LogP contribution in [0.5, 0.6) is 5.75 Å². The molecule has 144 valence electrons. The van der Waals surface area contributed by atoms with Crippen LogP contribution in [0.2, 0.25) is 0 Å². The Balaban J connectivity index is 1.36. The van der Waals surface area contributed by atoms with Gasteiger partial charge < -0.3 is 9.30 Å². The van der Waals surface area contributed by atoms with Gasteiger partial charge in [0.1, 0.15) is 5.75 Å². The van der Waals surface area contributed by atoms with Gasteiger partial charge in [-0.15, -0.1) is 5.10 Å². The van der Waals surface area contributed by atoms with Crippen LogP contribution < -0.4 is 4.74 Å². The number of aryl methyl sites for hydroxylation is 1. The summed E-state index contributed by atoms with van der Waals surface area (Å²) in [5.74, 6) is 1.85. The number of nitrogens with zero attached hydrogens (tertiary/aromatic N) is 6. The first-order valence-corrected chi connectivity index (χ1v) is 10.2. The molecule has 2 heterocycles. The van der Waals surface area contributed by atoms with Gasteiger partial charge in [0.2, 0.25) is 5.16 Å². The molecule has 0 atom stereocenters. The molecule has 8 heteroatoms. The van der Waals surface area contributed by atoms with Crippen LogP contribution in [-0.2, 0) is 13.6 Å². The van der Waals surface area contributed by atoms with Crippen LogP contribution in [-0.4, -0.2) is 42.1 Å². The molecule has 0 spiro atoms. The molecule has 0 aliphatic rings. The minimum atomic E-state index is 0.663. The van der Waals surface area contributed by atoms with Gasteiger partial charge in [-0.25, -0.2) is 9.67 Å². The van der Waals surface area contributed by atoms with E-state index in [1.54, 1.807) is 16.4 Å². The molecule has 0 bridgehead atoms. The van der Waals surface area contributed by atoms with E-state index >= 15 is 0 Å². The molecule has 0 N–H and O–H groups in total. The van der Waals surface area contributed by atoms with Crippen molar-refractivity contribution in [2.24, 2.45) is 7.05 Å². The maximum absolute atomic E-state index is 6.04. The van der Waals surface area contributed by atoms with Crippen molar-refractivity contribution in [3.05, 3.63) is 59.9 Å². The fourth-order valence-electron chi connectivity index (χ4n) is 3.06. The van der Waals surface area contributed by atoms with Crippen molar-refractivity contribution < 1.29 is 4.74 Å². The Labute approximate surface area is 167 Å². The lowest BCUT2D eigenvalue weighted by Gasteiger charge is -2.13. The Bertz CT molecular complexity index is 1070. The summed E-state index contributed by atoms with van der Waals surface area (Å²) in [7, 11) is 1.84. The number of benzene rings is 2. The summed E-state index contributed by atoms with van der Waals surface area (Å²) in [5, 5.41) is 12.3. The van der Waals surface area contributed by atoms with Gasteiger partial charge in [0.05, 0.1) is 24.0 Å². The molecular formula is C20H22N6OS. The zero-order valence-corrected chi connectivity index (χ0v) is 16.8. The number of hydrogen-bond acceptors (Lipinski definition) is 6. The molecule has 0 saturated carbocycles. The minimum Gasteiger partial charge on any atom is -0.493 e. The molecule has 2 aromatic carbocycles. The van der Waals surface area contributed by atoms with Crippen molar-refractivity contribution in [2.75, 3.05) is 12.4 Å². The van der Waals surface area contributed by atoms with Crippen LogP contribution >= 0.6 is 11.8 Å². The fourth-order valence-corrected chi connectivity index (χ4v) is 3.82. The summed E-state index contributed by atoms with van der Waals surface area (Å²) in [6.45, 7) is 3.55. The number of thioether (sulfide) groups is 1. The van der Waals surface area contributed by atoms with E-state index in [4.69, 9.17) is 4.74 Å². The number of aromatic nitrogens is 6. The third-order valence-corrected chi connectivity index (χ3v) is 5.72. The van der Waals surface area contributed by atoms with Crippen molar-refractivity contribution in [3.63, 3.8) is 0 Å². The van der Waals surface area contributed by atoms with E-state index in [1.165, 1.54) is 11.1 Å². The highest BCUT2D eigenvalue weighted by Crippen LogP contribution is 2.24. The molecule has 0 aliphatic carbocycles. The molecule has 0 saturated heterocycles. The second kappa shape index (κ2) is 8.43. The number of rotatable bonds is 8. The zero-order chi connectivity index (χ0) is 19.3. The van der Waals surface area contributed by atoms with E-state index in [9.17, 15) is 0 Å². The zero-order valence-electron chi connectivity index (χ0n) is 15.9. The molecular weight excluding hydrogens is 372 g/mol. The van der Waals surface area contributed by atoms with Crippen LogP contribution in [0, 0.1) is 6.92 Å². The molecule has 0 fully saturated rings. The Morgan fingerprint density at radius 2 is 2.00 bits per heavy atom. The topological polar surface area (TPSA) is 70.7 Å². The van der Waals surface area contributed by atoms with E-state index in [1.807, 2.05) is 37.6 Å². The van der Waals surface area contributed by atoms with Crippen LogP contribution in [0.1, 0.15) is 17.5 Å². The van der Waals surface area contributed by atoms with E-state index in [0.717, 1.165) is 40.7 Å². The molecule has 7 nitrogen and oxygen atoms in total. The van der Waals surface area contributed by atoms with Gasteiger partial charge in [-0.2, -0.15) is 0 Å². The lowest BCUT2D eigenvalue weighted by Crippen LogP contribution is -2.04. The van der Waals surface area contributed by atoms with Gasteiger partial charge >= 0.3 is 0 Å². The number of para-hydroxylation sites is 2. The third-order valence-electron chi connectivity index (χ3n) is 4.62. The second-order valence-electron chi connectivity index (χ2n) is 6.54. The summed E-state index contributed by atoms with van der Waals surface area (Å²) < 4.78 is 9.89. The number of tetrazole rings is 1. The summed E-state index contributed by atoms with van der Waals surface area (Å²) in [6, 6.07) is 14.4. The molecule has 0 unspecified atom stereocenters. The largest absolute Gasteiger partial charge is 0.493 e. The monoisotopic (exact) mass is 394 g/mol. The number of ether oxygens (including phenoxy) is 1. The molecule has 4 aromatic rings. The Hall–Kier alpha value is -2.87. The van der Waals surface area contributed by atoms with E-state index in [0.29, 0.717) is 6.61 Å². The molecule has 0 amide bonds. The maximum atomic E-state index is 6.04. The molecule has 4 rings (SSSR count). The van der Waals surface area contributed by atoms with Crippen molar-refractivity contribution in [3.8, 4) is 5.75 Å². The van der Waals surface area contributed by atoms with Crippen LogP contribution in [0.4, 0.5) is 0 Å². The summed E-state index contributed by atoms with van der Waals surface area (Å²) >= 11 is 1.64. The lowest BCUT2D eigenvalue weighted by molar-refractivity contribution is 0.316. The normalized spacial score (nSPS) is 11.2. The predicted molar refractivity (Wildman–Crippen MR) is 110 cm³/mol. The lowest BCUT2D eigenvalue weighted by atomic mass is 10.1. The summed E-state index contributed by atoms with van der Waals surface area (Å²) in [6.07, 6.45) is 2.82. The average Bonchev–Trinajstić information content (AvgIpc) is 3.31. The van der Waals surface area contributed by atoms with Crippen LogP contribution in [0.3, 0.4) is 0 Å². The van der Waals surface area contributed by atoms with Crippen LogP contribution in [0.25, 0.3) is 11.0 Å². The summed E-state index contributed by atoms with van der Waals surface area (Å²) in [5.41, 5.74) is 4.57. The van der Waals surface area contributed by atoms with Gasteiger partial charge in [0.25, 0.3) is 0 Å². The highest BCUT2D eigenvalue weighted by atomic mass is 32.2. The average molecular weight is 395 g/mol. The van der Waals surface area contributed by atoms with Crippen molar-refractivity contribution in [2.45, 2.75) is 25.0 Å². The SMILES string of the molecule is Cc1c(Cn2cnc3ccccc32)cccc1OCCCSc1nnnn1C. The van der Waals surface area contributed by atoms with Gasteiger partial charge in [-0.1, -0.05) is 36.0 Å². The molecule has 2 aromatic heterocycles. The van der Waals surface area contributed by atoms with Crippen LogP contribution in [0.15, 0.2) is 53.9 Å². The number of imidazole rings is 1. The standard InChI is InChI=1S/C20H22N6OS/c1-15-16(13-26-14-21-17-8-3-4-9-18(17)26)7-5-10-19(15)27-11-6-12-28-20-22-23-24-25(20)2/h3-5,7-10,14H,6,11-13H2,1-2H3. The van der Waals surface area contributed by atoms with Crippen molar-refractivity contribution >= 4 is 22.8 Å². The fraction of sp³-hybridized carbons (Fsp3) is 0.300. The molecule has 0 aliphatic heterocycles. The van der Waals surface area contributed by atoms with Crippen molar-refractivity contribution in [1.29, 1.82) is 0 Å². The Morgan fingerprint density at radius 3 is 2.86 bits per heavy atom. The molecule has 28 heavy (non-hydrogen) atoms. The first-order chi connectivity index (χ1) is 13.7. The Kier molecular flexibility index (Phi) is 5.57. The van der Waals surface area contributed by atoms with Gasteiger partial charge in [-0.3, -0.25) is 0 Å². The Morgan fingerprint density at radius 1 is 1.11 bits per heavy atom.